The Morgan fingerprint density at radius 3 is 2.72 bits per heavy atom. The van der Waals surface area contributed by atoms with Crippen molar-refractivity contribution in [2.45, 2.75) is 17.7 Å². The standard InChI is InChI=1S/C12H15NO4S/c1-13-18(15,16)11-5-3-4-8-6-9(7-10(8)11)12(14)17-2/h3-5,9,13H,6-7H2,1-2H3/t9-/m1/s1. The lowest BCUT2D eigenvalue weighted by Gasteiger charge is -2.08. The molecule has 0 radical (unpaired) electrons. The highest BCUT2D eigenvalue weighted by Gasteiger charge is 2.32. The molecule has 18 heavy (non-hydrogen) atoms. The molecule has 0 amide bonds. The van der Waals surface area contributed by atoms with Crippen molar-refractivity contribution in [1.29, 1.82) is 0 Å². The molecule has 0 saturated heterocycles. The summed E-state index contributed by atoms with van der Waals surface area (Å²) in [7, 11) is -0.761. The number of carbonyl (C=O) groups is 1. The number of carbonyl (C=O) groups excluding carboxylic acids is 1. The van der Waals surface area contributed by atoms with E-state index in [1.54, 1.807) is 12.1 Å². The zero-order valence-electron chi connectivity index (χ0n) is 10.3. The van der Waals surface area contributed by atoms with E-state index in [4.69, 9.17) is 4.74 Å². The van der Waals surface area contributed by atoms with Gasteiger partial charge in [0.15, 0.2) is 0 Å². The van der Waals surface area contributed by atoms with E-state index in [-0.39, 0.29) is 16.8 Å². The maximum atomic E-state index is 11.9. The fourth-order valence-corrected chi connectivity index (χ4v) is 3.33. The van der Waals surface area contributed by atoms with Crippen molar-refractivity contribution in [3.63, 3.8) is 0 Å². The first-order valence-electron chi connectivity index (χ1n) is 5.61. The van der Waals surface area contributed by atoms with Crippen LogP contribution < -0.4 is 4.72 Å². The SMILES string of the molecule is CNS(=O)(=O)c1cccc2c1C[C@H](C(=O)OC)C2. The summed E-state index contributed by atoms with van der Waals surface area (Å²) >= 11 is 0. The highest BCUT2D eigenvalue weighted by Crippen LogP contribution is 2.32. The third kappa shape index (κ3) is 2.13. The Balaban J connectivity index is 2.42. The minimum absolute atomic E-state index is 0.258. The summed E-state index contributed by atoms with van der Waals surface area (Å²) in [6.07, 6.45) is 0.953. The van der Waals surface area contributed by atoms with Gasteiger partial charge in [-0.25, -0.2) is 13.1 Å². The summed E-state index contributed by atoms with van der Waals surface area (Å²) < 4.78 is 30.8. The number of hydrogen-bond donors (Lipinski definition) is 1. The first-order chi connectivity index (χ1) is 8.49. The predicted molar refractivity (Wildman–Crippen MR) is 65.6 cm³/mol. The topological polar surface area (TPSA) is 72.5 Å². The molecule has 6 heteroatoms. The van der Waals surface area contributed by atoms with E-state index in [1.807, 2.05) is 6.07 Å². The Labute approximate surface area is 106 Å². The van der Waals surface area contributed by atoms with E-state index in [0.29, 0.717) is 12.8 Å². The number of fused-ring (bicyclic) bond motifs is 1. The Bertz CT molecular complexity index is 580. The van der Waals surface area contributed by atoms with Crippen molar-refractivity contribution in [2.24, 2.45) is 5.92 Å². The molecule has 0 aromatic heterocycles. The van der Waals surface area contributed by atoms with Gasteiger partial charge >= 0.3 is 5.97 Å². The second-order valence-electron chi connectivity index (χ2n) is 4.23. The van der Waals surface area contributed by atoms with E-state index in [2.05, 4.69) is 4.72 Å². The molecule has 0 unspecified atom stereocenters. The van der Waals surface area contributed by atoms with Crippen molar-refractivity contribution >= 4 is 16.0 Å². The summed E-state index contributed by atoms with van der Waals surface area (Å²) in [6.45, 7) is 0. The highest BCUT2D eigenvalue weighted by molar-refractivity contribution is 7.89. The van der Waals surface area contributed by atoms with E-state index in [9.17, 15) is 13.2 Å². The largest absolute Gasteiger partial charge is 0.469 e. The third-order valence-electron chi connectivity index (χ3n) is 3.24. The number of sulfonamides is 1. The first-order valence-corrected chi connectivity index (χ1v) is 7.10. The molecule has 98 valence electrons. The summed E-state index contributed by atoms with van der Waals surface area (Å²) in [5, 5.41) is 0. The molecule has 1 aliphatic rings. The maximum absolute atomic E-state index is 11.9. The molecule has 0 aliphatic heterocycles. The number of benzene rings is 1. The van der Waals surface area contributed by atoms with Crippen LogP contribution in [0.5, 0.6) is 0 Å². The third-order valence-corrected chi connectivity index (χ3v) is 4.74. The molecule has 5 nitrogen and oxygen atoms in total. The van der Waals surface area contributed by atoms with Crippen molar-refractivity contribution in [2.75, 3.05) is 14.2 Å². The number of ether oxygens (including phenoxy) is 1. The minimum Gasteiger partial charge on any atom is -0.469 e. The van der Waals surface area contributed by atoms with Crippen LogP contribution in [-0.2, 0) is 32.4 Å². The summed E-state index contributed by atoms with van der Waals surface area (Å²) in [6, 6.07) is 5.11. The Hall–Kier alpha value is -1.40. The van der Waals surface area contributed by atoms with Gasteiger partial charge in [0, 0.05) is 0 Å². The normalized spacial score (nSPS) is 18.4. The van der Waals surface area contributed by atoms with Gasteiger partial charge < -0.3 is 4.74 Å². The van der Waals surface area contributed by atoms with Gasteiger partial charge in [-0.2, -0.15) is 0 Å². The lowest BCUT2D eigenvalue weighted by molar-refractivity contribution is -0.145. The predicted octanol–water partition coefficient (Wildman–Crippen LogP) is 0.482. The molecule has 0 spiro atoms. The van der Waals surface area contributed by atoms with Gasteiger partial charge in [0.1, 0.15) is 0 Å². The molecule has 1 aliphatic carbocycles. The van der Waals surface area contributed by atoms with E-state index in [0.717, 1.165) is 11.1 Å². The number of methoxy groups -OCH3 is 1. The van der Waals surface area contributed by atoms with Gasteiger partial charge in [0.05, 0.1) is 17.9 Å². The molecular weight excluding hydrogens is 254 g/mol. The molecule has 0 fully saturated rings. The molecule has 1 atom stereocenters. The molecule has 1 N–H and O–H groups in total. The molecule has 0 heterocycles. The summed E-state index contributed by atoms with van der Waals surface area (Å²) in [5.74, 6) is -0.572. The van der Waals surface area contributed by atoms with Crippen molar-refractivity contribution in [3.05, 3.63) is 29.3 Å². The molecular formula is C12H15NO4S. The minimum atomic E-state index is -3.48. The van der Waals surface area contributed by atoms with Crippen LogP contribution in [-0.4, -0.2) is 28.5 Å². The first kappa shape index (κ1) is 13.0. The average Bonchev–Trinajstić information content (AvgIpc) is 2.81. The smallest absolute Gasteiger partial charge is 0.309 e. The van der Waals surface area contributed by atoms with Crippen LogP contribution in [0.2, 0.25) is 0 Å². The zero-order chi connectivity index (χ0) is 13.3. The van der Waals surface area contributed by atoms with Crippen molar-refractivity contribution in [3.8, 4) is 0 Å². The lowest BCUT2D eigenvalue weighted by atomic mass is 10.1. The highest BCUT2D eigenvalue weighted by atomic mass is 32.2. The van der Waals surface area contributed by atoms with Crippen LogP contribution in [0.15, 0.2) is 23.1 Å². The van der Waals surface area contributed by atoms with Gasteiger partial charge in [0.25, 0.3) is 0 Å². The quantitative estimate of drug-likeness (QED) is 0.810. The van der Waals surface area contributed by atoms with Crippen molar-refractivity contribution < 1.29 is 17.9 Å². The van der Waals surface area contributed by atoms with Crippen LogP contribution in [0.25, 0.3) is 0 Å². The van der Waals surface area contributed by atoms with Gasteiger partial charge in [-0.15, -0.1) is 0 Å². The Morgan fingerprint density at radius 1 is 1.39 bits per heavy atom. The van der Waals surface area contributed by atoms with E-state index < -0.39 is 10.0 Å². The fourth-order valence-electron chi connectivity index (χ4n) is 2.31. The fraction of sp³-hybridized carbons (Fsp3) is 0.417. The molecule has 0 bridgehead atoms. The lowest BCUT2D eigenvalue weighted by Crippen LogP contribution is -2.20. The molecule has 1 aromatic rings. The second-order valence-corrected chi connectivity index (χ2v) is 6.08. The Morgan fingerprint density at radius 2 is 2.11 bits per heavy atom. The van der Waals surface area contributed by atoms with Crippen LogP contribution in [0, 0.1) is 5.92 Å². The molecule has 2 rings (SSSR count). The second kappa shape index (κ2) is 4.70. The van der Waals surface area contributed by atoms with Crippen LogP contribution in [0.3, 0.4) is 0 Å². The van der Waals surface area contributed by atoms with Gasteiger partial charge in [-0.1, -0.05) is 12.1 Å². The zero-order valence-corrected chi connectivity index (χ0v) is 11.1. The number of hydrogen-bond acceptors (Lipinski definition) is 4. The van der Waals surface area contributed by atoms with Gasteiger partial charge in [0.2, 0.25) is 10.0 Å². The van der Waals surface area contributed by atoms with E-state index in [1.165, 1.54) is 14.2 Å². The maximum Gasteiger partial charge on any atom is 0.309 e. The number of nitrogens with one attached hydrogen (secondary N) is 1. The van der Waals surface area contributed by atoms with Crippen molar-refractivity contribution in [1.82, 2.24) is 4.72 Å². The van der Waals surface area contributed by atoms with Crippen LogP contribution >= 0.6 is 0 Å². The van der Waals surface area contributed by atoms with Crippen LogP contribution in [0.1, 0.15) is 11.1 Å². The monoisotopic (exact) mass is 269 g/mol. The number of rotatable bonds is 3. The summed E-state index contributed by atoms with van der Waals surface area (Å²) in [5.41, 5.74) is 1.63. The Kier molecular flexibility index (Phi) is 3.41. The molecule has 1 aromatic carbocycles. The van der Waals surface area contributed by atoms with Gasteiger partial charge in [-0.05, 0) is 37.1 Å². The van der Waals surface area contributed by atoms with E-state index >= 15 is 0 Å². The average molecular weight is 269 g/mol. The molecule has 0 saturated carbocycles. The number of esters is 1. The van der Waals surface area contributed by atoms with Gasteiger partial charge in [-0.3, -0.25) is 4.79 Å². The summed E-state index contributed by atoms with van der Waals surface area (Å²) in [4.78, 5) is 11.8. The van der Waals surface area contributed by atoms with Crippen LogP contribution in [0.4, 0.5) is 0 Å².